The molecule has 0 aromatic carbocycles. The first kappa shape index (κ1) is 13.1. The van der Waals surface area contributed by atoms with E-state index in [2.05, 4.69) is 9.97 Å². The SMILES string of the molecule is N#Cc1ccc(OC2CN(C(=O)c3ccncc3)C2)nc1. The summed E-state index contributed by atoms with van der Waals surface area (Å²) in [6.45, 7) is 1.06. The smallest absolute Gasteiger partial charge is 0.254 e. The summed E-state index contributed by atoms with van der Waals surface area (Å²) in [5, 5.41) is 8.69. The molecule has 0 aliphatic carbocycles. The van der Waals surface area contributed by atoms with E-state index >= 15 is 0 Å². The van der Waals surface area contributed by atoms with E-state index in [9.17, 15) is 4.79 Å². The third-order valence-corrected chi connectivity index (χ3v) is 3.22. The summed E-state index contributed by atoms with van der Waals surface area (Å²) in [7, 11) is 0. The Kier molecular flexibility index (Phi) is 3.48. The molecule has 3 heterocycles. The predicted octanol–water partition coefficient (Wildman–Crippen LogP) is 1.25. The fraction of sp³-hybridized carbons (Fsp3) is 0.200. The summed E-state index contributed by atoms with van der Waals surface area (Å²) < 4.78 is 5.64. The molecule has 1 saturated heterocycles. The molecule has 0 spiro atoms. The molecule has 0 saturated carbocycles. The summed E-state index contributed by atoms with van der Waals surface area (Å²) in [5.41, 5.74) is 1.12. The summed E-state index contributed by atoms with van der Waals surface area (Å²) in [6.07, 6.45) is 4.60. The fourth-order valence-corrected chi connectivity index (χ4v) is 2.04. The van der Waals surface area contributed by atoms with Gasteiger partial charge in [-0.05, 0) is 18.2 Å². The van der Waals surface area contributed by atoms with Crippen molar-refractivity contribution in [2.45, 2.75) is 6.10 Å². The number of amides is 1. The average molecular weight is 280 g/mol. The van der Waals surface area contributed by atoms with Gasteiger partial charge in [0.25, 0.3) is 5.91 Å². The summed E-state index contributed by atoms with van der Waals surface area (Å²) in [6, 6.07) is 8.70. The number of aromatic nitrogens is 2. The summed E-state index contributed by atoms with van der Waals surface area (Å²) >= 11 is 0. The van der Waals surface area contributed by atoms with Crippen LogP contribution in [0.15, 0.2) is 42.9 Å². The Morgan fingerprint density at radius 2 is 2.05 bits per heavy atom. The van der Waals surface area contributed by atoms with Crippen LogP contribution in [0.25, 0.3) is 0 Å². The molecule has 0 N–H and O–H groups in total. The van der Waals surface area contributed by atoms with Crippen LogP contribution in [0.5, 0.6) is 5.88 Å². The van der Waals surface area contributed by atoms with Crippen LogP contribution in [-0.4, -0.2) is 40.0 Å². The van der Waals surface area contributed by atoms with Crippen LogP contribution in [0.2, 0.25) is 0 Å². The number of rotatable bonds is 3. The Morgan fingerprint density at radius 1 is 1.29 bits per heavy atom. The number of nitrogens with zero attached hydrogens (tertiary/aromatic N) is 4. The molecule has 104 valence electrons. The molecular weight excluding hydrogens is 268 g/mol. The third kappa shape index (κ3) is 2.82. The van der Waals surface area contributed by atoms with Crippen molar-refractivity contribution in [3.8, 4) is 11.9 Å². The average Bonchev–Trinajstić information content (AvgIpc) is 2.51. The van der Waals surface area contributed by atoms with Crippen molar-refractivity contribution in [2.75, 3.05) is 13.1 Å². The maximum absolute atomic E-state index is 12.1. The number of hydrogen-bond acceptors (Lipinski definition) is 5. The minimum absolute atomic E-state index is 0.0231. The van der Waals surface area contributed by atoms with Crippen molar-refractivity contribution in [1.82, 2.24) is 14.9 Å². The highest BCUT2D eigenvalue weighted by Gasteiger charge is 2.32. The molecule has 1 aliphatic heterocycles. The van der Waals surface area contributed by atoms with Crippen LogP contribution >= 0.6 is 0 Å². The van der Waals surface area contributed by atoms with Crippen LogP contribution in [-0.2, 0) is 0 Å². The lowest BCUT2D eigenvalue weighted by Gasteiger charge is -2.38. The van der Waals surface area contributed by atoms with Crippen LogP contribution in [0.4, 0.5) is 0 Å². The van der Waals surface area contributed by atoms with Gasteiger partial charge in [-0.2, -0.15) is 5.26 Å². The number of nitriles is 1. The van der Waals surface area contributed by atoms with Crippen molar-refractivity contribution < 1.29 is 9.53 Å². The van der Waals surface area contributed by atoms with E-state index in [1.54, 1.807) is 41.6 Å². The van der Waals surface area contributed by atoms with Crippen molar-refractivity contribution in [3.63, 3.8) is 0 Å². The Morgan fingerprint density at radius 3 is 2.67 bits per heavy atom. The van der Waals surface area contributed by atoms with Crippen LogP contribution in [0.3, 0.4) is 0 Å². The molecule has 6 nitrogen and oxygen atoms in total. The normalized spacial score (nSPS) is 14.1. The number of hydrogen-bond donors (Lipinski definition) is 0. The summed E-state index contributed by atoms with van der Waals surface area (Å²) in [4.78, 5) is 21.7. The molecule has 2 aromatic heterocycles. The van der Waals surface area contributed by atoms with Crippen molar-refractivity contribution in [3.05, 3.63) is 54.0 Å². The van der Waals surface area contributed by atoms with Gasteiger partial charge in [0.15, 0.2) is 0 Å². The van der Waals surface area contributed by atoms with Gasteiger partial charge in [0, 0.05) is 30.2 Å². The van der Waals surface area contributed by atoms with Gasteiger partial charge in [-0.15, -0.1) is 0 Å². The second kappa shape index (κ2) is 5.59. The zero-order valence-electron chi connectivity index (χ0n) is 11.1. The molecular formula is C15H12N4O2. The Bertz CT molecular complexity index is 673. The highest BCUT2D eigenvalue weighted by atomic mass is 16.5. The van der Waals surface area contributed by atoms with Gasteiger partial charge in [-0.3, -0.25) is 9.78 Å². The van der Waals surface area contributed by atoms with Gasteiger partial charge in [0.05, 0.1) is 18.7 Å². The van der Waals surface area contributed by atoms with Gasteiger partial charge in [-0.25, -0.2) is 4.98 Å². The van der Waals surface area contributed by atoms with Crippen LogP contribution in [0.1, 0.15) is 15.9 Å². The van der Waals surface area contributed by atoms with Crippen LogP contribution < -0.4 is 4.74 Å². The molecule has 6 heteroatoms. The largest absolute Gasteiger partial charge is 0.471 e. The van der Waals surface area contributed by atoms with Gasteiger partial charge >= 0.3 is 0 Å². The van der Waals surface area contributed by atoms with Gasteiger partial charge in [0.1, 0.15) is 12.2 Å². The maximum atomic E-state index is 12.1. The van der Waals surface area contributed by atoms with E-state index in [1.807, 2.05) is 6.07 Å². The Hall–Kier alpha value is -2.94. The van der Waals surface area contributed by atoms with E-state index in [0.717, 1.165) is 0 Å². The highest BCUT2D eigenvalue weighted by molar-refractivity contribution is 5.94. The maximum Gasteiger partial charge on any atom is 0.254 e. The van der Waals surface area contributed by atoms with Crippen LogP contribution in [0, 0.1) is 11.3 Å². The minimum Gasteiger partial charge on any atom is -0.471 e. The fourth-order valence-electron chi connectivity index (χ4n) is 2.04. The zero-order valence-corrected chi connectivity index (χ0v) is 11.1. The number of pyridine rings is 2. The van der Waals surface area contributed by atoms with Gasteiger partial charge in [-0.1, -0.05) is 0 Å². The molecule has 1 fully saturated rings. The lowest BCUT2D eigenvalue weighted by atomic mass is 10.1. The van der Waals surface area contributed by atoms with Gasteiger partial charge < -0.3 is 9.64 Å². The zero-order chi connectivity index (χ0) is 14.7. The highest BCUT2D eigenvalue weighted by Crippen LogP contribution is 2.18. The molecule has 1 aliphatic rings. The second-order valence-corrected chi connectivity index (χ2v) is 4.68. The van der Waals surface area contributed by atoms with Crippen molar-refractivity contribution in [1.29, 1.82) is 5.26 Å². The molecule has 1 amide bonds. The molecule has 0 radical (unpaired) electrons. The van der Waals surface area contributed by atoms with E-state index in [1.165, 1.54) is 6.20 Å². The minimum atomic E-state index is -0.0591. The number of likely N-dealkylation sites (tertiary alicyclic amines) is 1. The summed E-state index contributed by atoms with van der Waals surface area (Å²) in [5.74, 6) is 0.444. The quantitative estimate of drug-likeness (QED) is 0.845. The second-order valence-electron chi connectivity index (χ2n) is 4.68. The molecule has 2 aromatic rings. The van der Waals surface area contributed by atoms with E-state index in [0.29, 0.717) is 30.1 Å². The Balaban J connectivity index is 1.54. The monoisotopic (exact) mass is 280 g/mol. The topological polar surface area (TPSA) is 79.1 Å². The molecule has 3 rings (SSSR count). The number of carbonyl (C=O) groups is 1. The first-order valence-electron chi connectivity index (χ1n) is 6.48. The lowest BCUT2D eigenvalue weighted by molar-refractivity contribution is 0.0160. The van der Waals surface area contributed by atoms with Gasteiger partial charge in [0.2, 0.25) is 5.88 Å². The first-order valence-corrected chi connectivity index (χ1v) is 6.48. The van der Waals surface area contributed by atoms with E-state index in [4.69, 9.17) is 10.00 Å². The molecule has 0 atom stereocenters. The van der Waals surface area contributed by atoms with Crippen molar-refractivity contribution >= 4 is 5.91 Å². The first-order chi connectivity index (χ1) is 10.3. The predicted molar refractivity (Wildman–Crippen MR) is 73.5 cm³/mol. The molecule has 0 unspecified atom stereocenters. The standard InChI is InChI=1S/C15H12N4O2/c16-7-11-1-2-14(18-8-11)21-13-9-19(10-13)15(20)12-3-5-17-6-4-12/h1-6,8,13H,9-10H2. The lowest BCUT2D eigenvalue weighted by Crippen LogP contribution is -2.56. The van der Waals surface area contributed by atoms with Crippen molar-refractivity contribution in [2.24, 2.45) is 0 Å². The Labute approximate surface area is 121 Å². The number of ether oxygens (including phenoxy) is 1. The molecule has 0 bridgehead atoms. The molecule has 21 heavy (non-hydrogen) atoms. The van der Waals surface area contributed by atoms with E-state index < -0.39 is 0 Å². The third-order valence-electron chi connectivity index (χ3n) is 3.22. The number of carbonyl (C=O) groups excluding carboxylic acids is 1. The van der Waals surface area contributed by atoms with E-state index in [-0.39, 0.29) is 12.0 Å².